The van der Waals surface area contributed by atoms with E-state index >= 15 is 0 Å². The molecule has 0 atom stereocenters. The van der Waals surface area contributed by atoms with Gasteiger partial charge in [0.15, 0.2) is 0 Å². The zero-order chi connectivity index (χ0) is 18.9. The van der Waals surface area contributed by atoms with Gasteiger partial charge in [-0.3, -0.25) is 4.72 Å². The van der Waals surface area contributed by atoms with Crippen LogP contribution in [0.4, 0.5) is 5.69 Å². The van der Waals surface area contributed by atoms with Crippen LogP contribution in [0.3, 0.4) is 0 Å². The average molecular weight is 370 g/mol. The zero-order valence-corrected chi connectivity index (χ0v) is 16.1. The quantitative estimate of drug-likeness (QED) is 0.735. The van der Waals surface area contributed by atoms with Crippen LogP contribution in [0, 0.1) is 13.8 Å². The third-order valence-corrected chi connectivity index (χ3v) is 5.78. The van der Waals surface area contributed by atoms with Gasteiger partial charge < -0.3 is 9.30 Å². The van der Waals surface area contributed by atoms with Crippen LogP contribution in [0.2, 0.25) is 0 Å². The number of anilines is 1. The van der Waals surface area contributed by atoms with Crippen molar-refractivity contribution in [1.82, 2.24) is 4.57 Å². The molecule has 0 unspecified atom stereocenters. The monoisotopic (exact) mass is 370 g/mol. The Labute approximate surface area is 154 Å². The number of rotatable bonds is 5. The Morgan fingerprint density at radius 2 is 1.65 bits per heavy atom. The van der Waals surface area contributed by atoms with E-state index in [0.717, 1.165) is 22.4 Å². The molecular weight excluding hydrogens is 348 g/mol. The van der Waals surface area contributed by atoms with Crippen LogP contribution in [-0.2, 0) is 17.1 Å². The molecule has 1 heterocycles. The van der Waals surface area contributed by atoms with Crippen LogP contribution in [0.5, 0.6) is 5.75 Å². The maximum atomic E-state index is 12.7. The summed E-state index contributed by atoms with van der Waals surface area (Å²) < 4.78 is 35.3. The highest BCUT2D eigenvalue weighted by Gasteiger charge is 2.16. The number of benzene rings is 2. The molecule has 6 heteroatoms. The normalized spacial score (nSPS) is 11.4. The van der Waals surface area contributed by atoms with Crippen LogP contribution < -0.4 is 9.46 Å². The Morgan fingerprint density at radius 1 is 0.962 bits per heavy atom. The number of aromatic nitrogens is 1. The smallest absolute Gasteiger partial charge is 0.261 e. The molecule has 0 amide bonds. The van der Waals surface area contributed by atoms with Crippen LogP contribution in [0.15, 0.2) is 59.6 Å². The van der Waals surface area contributed by atoms with Gasteiger partial charge in [-0.15, -0.1) is 0 Å². The number of ether oxygens (including phenoxy) is 1. The van der Waals surface area contributed by atoms with Crippen LogP contribution in [0.25, 0.3) is 11.3 Å². The largest absolute Gasteiger partial charge is 0.497 e. The van der Waals surface area contributed by atoms with Crippen molar-refractivity contribution in [2.75, 3.05) is 11.8 Å². The molecule has 0 aliphatic carbocycles. The fourth-order valence-corrected chi connectivity index (χ4v) is 4.05. The third kappa shape index (κ3) is 3.46. The van der Waals surface area contributed by atoms with Gasteiger partial charge in [-0.2, -0.15) is 0 Å². The molecule has 1 aromatic heterocycles. The molecule has 26 heavy (non-hydrogen) atoms. The molecule has 0 radical (unpaired) electrons. The van der Waals surface area contributed by atoms with Gasteiger partial charge in [0.2, 0.25) is 0 Å². The van der Waals surface area contributed by atoms with Gasteiger partial charge in [0.05, 0.1) is 23.4 Å². The second-order valence-corrected chi connectivity index (χ2v) is 7.95. The number of sulfonamides is 1. The summed E-state index contributed by atoms with van der Waals surface area (Å²) in [5.41, 5.74) is 4.60. The van der Waals surface area contributed by atoms with Gasteiger partial charge in [-0.05, 0) is 61.4 Å². The number of nitrogens with one attached hydrogen (secondary N) is 1. The second-order valence-electron chi connectivity index (χ2n) is 6.27. The highest BCUT2D eigenvalue weighted by Crippen LogP contribution is 2.29. The molecule has 1 N–H and O–H groups in total. The van der Waals surface area contributed by atoms with Crippen molar-refractivity contribution in [2.24, 2.45) is 7.05 Å². The second kappa shape index (κ2) is 6.88. The average Bonchev–Trinajstić information content (AvgIpc) is 2.95. The molecule has 0 bridgehead atoms. The first-order valence-electron chi connectivity index (χ1n) is 8.21. The summed E-state index contributed by atoms with van der Waals surface area (Å²) in [6, 6.07) is 14.2. The highest BCUT2D eigenvalue weighted by atomic mass is 32.2. The molecule has 136 valence electrons. The lowest BCUT2D eigenvalue weighted by Gasteiger charge is -2.14. The van der Waals surface area contributed by atoms with Gasteiger partial charge in [-0.1, -0.05) is 12.1 Å². The predicted molar refractivity (Wildman–Crippen MR) is 104 cm³/mol. The summed E-state index contributed by atoms with van der Waals surface area (Å²) in [6.45, 7) is 3.92. The van der Waals surface area contributed by atoms with Gasteiger partial charge >= 0.3 is 0 Å². The van der Waals surface area contributed by atoms with Gasteiger partial charge in [0, 0.05) is 18.8 Å². The Morgan fingerprint density at radius 3 is 2.23 bits per heavy atom. The van der Waals surface area contributed by atoms with Gasteiger partial charge in [0.1, 0.15) is 5.75 Å². The molecule has 0 aliphatic heterocycles. The van der Waals surface area contributed by atoms with Crippen molar-refractivity contribution < 1.29 is 13.2 Å². The van der Waals surface area contributed by atoms with E-state index < -0.39 is 10.0 Å². The van der Waals surface area contributed by atoms with Gasteiger partial charge in [0.25, 0.3) is 10.0 Å². The molecule has 5 nitrogen and oxygen atoms in total. The summed E-state index contributed by atoms with van der Waals surface area (Å²) >= 11 is 0. The van der Waals surface area contributed by atoms with Crippen molar-refractivity contribution in [3.05, 3.63) is 65.9 Å². The molecular formula is C20H22N2O3S. The first-order valence-corrected chi connectivity index (χ1v) is 9.70. The lowest BCUT2D eigenvalue weighted by atomic mass is 10.1. The molecule has 0 spiro atoms. The summed E-state index contributed by atoms with van der Waals surface area (Å²) in [5.74, 6) is 0.612. The highest BCUT2D eigenvalue weighted by molar-refractivity contribution is 7.92. The minimum atomic E-state index is -3.68. The van der Waals surface area contributed by atoms with E-state index in [1.54, 1.807) is 19.2 Å². The molecule has 0 aliphatic rings. The Bertz CT molecular complexity index is 1020. The first kappa shape index (κ1) is 18.1. The minimum Gasteiger partial charge on any atom is -0.497 e. The Hall–Kier alpha value is -2.73. The van der Waals surface area contributed by atoms with Crippen LogP contribution in [-0.4, -0.2) is 20.1 Å². The molecule has 0 saturated carbocycles. The maximum absolute atomic E-state index is 12.7. The lowest BCUT2D eigenvalue weighted by Crippen LogP contribution is -2.13. The standard InChI is InChI=1S/C20H22N2O3S/c1-14-5-6-16(20-15(2)11-12-22(20)3)13-19(14)21-26(23,24)18-9-7-17(25-4)8-10-18/h5-13,21H,1-4H3. The summed E-state index contributed by atoms with van der Waals surface area (Å²) in [4.78, 5) is 0.193. The van der Waals surface area contributed by atoms with Crippen LogP contribution in [0.1, 0.15) is 11.1 Å². The third-order valence-electron chi connectivity index (χ3n) is 4.40. The van der Waals surface area contributed by atoms with Crippen molar-refractivity contribution >= 4 is 15.7 Å². The van der Waals surface area contributed by atoms with Gasteiger partial charge in [-0.25, -0.2) is 8.42 Å². The summed E-state index contributed by atoms with van der Waals surface area (Å²) in [5, 5.41) is 0. The van der Waals surface area contributed by atoms with E-state index in [0.29, 0.717) is 11.4 Å². The van der Waals surface area contributed by atoms with E-state index in [4.69, 9.17) is 4.74 Å². The van der Waals surface area contributed by atoms with Crippen LogP contribution >= 0.6 is 0 Å². The number of hydrogen-bond donors (Lipinski definition) is 1. The Balaban J connectivity index is 1.97. The summed E-state index contributed by atoms with van der Waals surface area (Å²) in [7, 11) is -0.160. The number of methoxy groups -OCH3 is 1. The van der Waals surface area contributed by atoms with E-state index in [1.807, 2.05) is 55.9 Å². The topological polar surface area (TPSA) is 60.3 Å². The Kier molecular flexibility index (Phi) is 4.78. The van der Waals surface area contributed by atoms with Crippen molar-refractivity contribution in [2.45, 2.75) is 18.7 Å². The van der Waals surface area contributed by atoms with Crippen molar-refractivity contribution in [1.29, 1.82) is 0 Å². The van der Waals surface area contributed by atoms with E-state index in [2.05, 4.69) is 4.72 Å². The van der Waals surface area contributed by atoms with E-state index in [9.17, 15) is 8.42 Å². The number of hydrogen-bond acceptors (Lipinski definition) is 3. The molecule has 0 saturated heterocycles. The fourth-order valence-electron chi connectivity index (χ4n) is 2.92. The van der Waals surface area contributed by atoms with E-state index in [-0.39, 0.29) is 4.90 Å². The summed E-state index contributed by atoms with van der Waals surface area (Å²) in [6.07, 6.45) is 1.99. The molecule has 0 fully saturated rings. The number of aryl methyl sites for hydroxylation is 3. The SMILES string of the molecule is COc1ccc(S(=O)(=O)Nc2cc(-c3c(C)ccn3C)ccc2C)cc1. The first-order chi connectivity index (χ1) is 12.3. The molecule has 3 rings (SSSR count). The minimum absolute atomic E-state index is 0.193. The number of nitrogens with zero attached hydrogens (tertiary/aromatic N) is 1. The van der Waals surface area contributed by atoms with Crippen molar-refractivity contribution in [3.63, 3.8) is 0 Å². The van der Waals surface area contributed by atoms with E-state index in [1.165, 1.54) is 12.1 Å². The molecule has 2 aromatic carbocycles. The lowest BCUT2D eigenvalue weighted by molar-refractivity contribution is 0.414. The van der Waals surface area contributed by atoms with Crippen molar-refractivity contribution in [3.8, 4) is 17.0 Å². The molecule has 3 aromatic rings. The predicted octanol–water partition coefficient (Wildman–Crippen LogP) is 4.12. The zero-order valence-electron chi connectivity index (χ0n) is 15.3. The fraction of sp³-hybridized carbons (Fsp3) is 0.200. The maximum Gasteiger partial charge on any atom is 0.261 e.